The number of aliphatic hydroxyl groups is 5. The van der Waals surface area contributed by atoms with E-state index in [9.17, 15) is 10.2 Å². The van der Waals surface area contributed by atoms with E-state index >= 15 is 0 Å². The second-order valence-electron chi connectivity index (χ2n) is 6.29. The summed E-state index contributed by atoms with van der Waals surface area (Å²) in [6, 6.07) is 0. The Labute approximate surface area is 116 Å². The van der Waals surface area contributed by atoms with E-state index in [0.29, 0.717) is 0 Å². The van der Waals surface area contributed by atoms with Crippen molar-refractivity contribution < 1.29 is 25.5 Å². The van der Waals surface area contributed by atoms with Gasteiger partial charge in [-0.3, -0.25) is 0 Å². The largest absolute Gasteiger partial charge is 0.396 e. The van der Waals surface area contributed by atoms with Crippen LogP contribution in [0.15, 0.2) is 0 Å². The topological polar surface area (TPSA) is 101 Å². The summed E-state index contributed by atoms with van der Waals surface area (Å²) < 4.78 is 0. The van der Waals surface area contributed by atoms with Crippen molar-refractivity contribution in [3.63, 3.8) is 0 Å². The minimum absolute atomic E-state index is 0.181. The van der Waals surface area contributed by atoms with Gasteiger partial charge in [0.1, 0.15) is 0 Å². The molecule has 0 amide bonds. The Bertz CT molecular complexity index is 208. The summed E-state index contributed by atoms with van der Waals surface area (Å²) in [5, 5.41) is 44.1. The van der Waals surface area contributed by atoms with Gasteiger partial charge in [0, 0.05) is 10.8 Å². The SMILES string of the molecule is CC(CO)(CO)CO.CCCCC(C)(C)C(C)(O)O. The molecule has 0 radical (unpaired) electrons. The van der Waals surface area contributed by atoms with Gasteiger partial charge >= 0.3 is 0 Å². The quantitative estimate of drug-likeness (QED) is 0.446. The maximum absolute atomic E-state index is 9.33. The van der Waals surface area contributed by atoms with Crippen molar-refractivity contribution in [1.82, 2.24) is 0 Å². The molecule has 0 rings (SSSR count). The van der Waals surface area contributed by atoms with Crippen molar-refractivity contribution >= 4 is 0 Å². The maximum Gasteiger partial charge on any atom is 0.164 e. The van der Waals surface area contributed by atoms with Crippen molar-refractivity contribution in [2.75, 3.05) is 19.8 Å². The lowest BCUT2D eigenvalue weighted by Crippen LogP contribution is -2.41. The van der Waals surface area contributed by atoms with E-state index in [-0.39, 0.29) is 19.8 Å². The third kappa shape index (κ3) is 8.55. The molecule has 0 unspecified atom stereocenters. The first kappa shape index (κ1) is 21.1. The number of hydrogen-bond donors (Lipinski definition) is 5. The summed E-state index contributed by atoms with van der Waals surface area (Å²) in [6.45, 7) is 8.36. The van der Waals surface area contributed by atoms with E-state index in [1.54, 1.807) is 6.92 Å². The molecule has 0 bridgehead atoms. The Morgan fingerprint density at radius 2 is 1.16 bits per heavy atom. The Morgan fingerprint density at radius 1 is 0.789 bits per heavy atom. The summed E-state index contributed by atoms with van der Waals surface area (Å²) in [6.07, 6.45) is 3.00. The zero-order chi connectivity index (χ0) is 15.7. The van der Waals surface area contributed by atoms with Crippen LogP contribution in [0, 0.1) is 10.8 Å². The molecule has 0 aromatic heterocycles. The molecule has 0 aromatic carbocycles. The number of rotatable bonds is 7. The van der Waals surface area contributed by atoms with Gasteiger partial charge in [-0.2, -0.15) is 0 Å². The highest BCUT2D eigenvalue weighted by molar-refractivity contribution is 4.79. The van der Waals surface area contributed by atoms with Crippen molar-refractivity contribution in [1.29, 1.82) is 0 Å². The maximum atomic E-state index is 9.33. The van der Waals surface area contributed by atoms with Crippen LogP contribution in [0.4, 0.5) is 0 Å². The molecule has 0 heterocycles. The molecule has 5 nitrogen and oxygen atoms in total. The number of hydrogen-bond acceptors (Lipinski definition) is 5. The Balaban J connectivity index is 0. The minimum atomic E-state index is -1.55. The lowest BCUT2D eigenvalue weighted by Gasteiger charge is -2.35. The van der Waals surface area contributed by atoms with Gasteiger partial charge in [-0.15, -0.1) is 0 Å². The number of unbranched alkanes of at least 4 members (excludes halogenated alkanes) is 1. The van der Waals surface area contributed by atoms with Crippen molar-refractivity contribution in [3.8, 4) is 0 Å². The lowest BCUT2D eigenvalue weighted by atomic mass is 9.80. The molecule has 0 aliphatic rings. The van der Waals surface area contributed by atoms with Gasteiger partial charge in [0.05, 0.1) is 19.8 Å². The molecule has 0 aromatic rings. The van der Waals surface area contributed by atoms with Crippen LogP contribution in [0.1, 0.15) is 53.9 Å². The molecule has 0 atom stereocenters. The van der Waals surface area contributed by atoms with Gasteiger partial charge in [-0.05, 0) is 13.3 Å². The molecule has 0 saturated carbocycles. The molecule has 0 saturated heterocycles. The Kier molecular flexibility index (Phi) is 9.85. The third-order valence-corrected chi connectivity index (χ3v) is 3.58. The van der Waals surface area contributed by atoms with Gasteiger partial charge in [-0.25, -0.2) is 0 Å². The standard InChI is InChI=1S/C9H20O2.C5H12O3/c1-5-6-7-8(2,3)9(4,10)11;1-5(2-6,3-7)4-8/h10-11H,5-7H2,1-4H3;6-8H,2-4H2,1H3. The highest BCUT2D eigenvalue weighted by Gasteiger charge is 2.36. The molecule has 0 fully saturated rings. The van der Waals surface area contributed by atoms with Gasteiger partial charge in [0.25, 0.3) is 0 Å². The molecular weight excluding hydrogens is 248 g/mol. The van der Waals surface area contributed by atoms with Gasteiger partial charge in [-0.1, -0.05) is 40.5 Å². The lowest BCUT2D eigenvalue weighted by molar-refractivity contribution is -0.221. The van der Waals surface area contributed by atoms with E-state index in [0.717, 1.165) is 19.3 Å². The third-order valence-electron chi connectivity index (χ3n) is 3.58. The number of aliphatic hydroxyl groups excluding tert-OH is 3. The van der Waals surface area contributed by atoms with Crippen LogP contribution < -0.4 is 0 Å². The first-order valence-electron chi connectivity index (χ1n) is 6.77. The molecule has 0 aliphatic carbocycles. The fourth-order valence-corrected chi connectivity index (χ4v) is 1.01. The smallest absolute Gasteiger partial charge is 0.164 e. The second kappa shape index (κ2) is 8.87. The molecule has 118 valence electrons. The van der Waals surface area contributed by atoms with E-state index in [4.69, 9.17) is 15.3 Å². The average Bonchev–Trinajstić information content (AvgIpc) is 2.35. The fraction of sp³-hybridized carbons (Fsp3) is 1.00. The van der Waals surface area contributed by atoms with E-state index in [1.807, 2.05) is 13.8 Å². The molecule has 0 spiro atoms. The Morgan fingerprint density at radius 3 is 1.32 bits per heavy atom. The van der Waals surface area contributed by atoms with Gasteiger partial charge < -0.3 is 25.5 Å². The predicted molar refractivity (Wildman–Crippen MR) is 75.5 cm³/mol. The second-order valence-corrected chi connectivity index (χ2v) is 6.29. The highest BCUT2D eigenvalue weighted by atomic mass is 16.5. The summed E-state index contributed by atoms with van der Waals surface area (Å²) in [5.41, 5.74) is -1.11. The van der Waals surface area contributed by atoms with Crippen molar-refractivity contribution in [3.05, 3.63) is 0 Å². The van der Waals surface area contributed by atoms with Crippen LogP contribution in [0.25, 0.3) is 0 Å². The van der Waals surface area contributed by atoms with Gasteiger partial charge in [0.2, 0.25) is 0 Å². The zero-order valence-electron chi connectivity index (χ0n) is 13.0. The van der Waals surface area contributed by atoms with E-state index in [2.05, 4.69) is 6.92 Å². The zero-order valence-corrected chi connectivity index (χ0v) is 13.0. The first-order chi connectivity index (χ1) is 8.49. The predicted octanol–water partition coefficient (Wildman–Crippen LogP) is 0.873. The summed E-state index contributed by atoms with van der Waals surface area (Å²) in [5.74, 6) is -1.55. The summed E-state index contributed by atoms with van der Waals surface area (Å²) in [7, 11) is 0. The van der Waals surface area contributed by atoms with Crippen LogP contribution in [-0.4, -0.2) is 51.1 Å². The van der Waals surface area contributed by atoms with Crippen LogP contribution >= 0.6 is 0 Å². The molecule has 19 heavy (non-hydrogen) atoms. The first-order valence-corrected chi connectivity index (χ1v) is 6.77. The van der Waals surface area contributed by atoms with Crippen molar-refractivity contribution in [2.24, 2.45) is 10.8 Å². The summed E-state index contributed by atoms with van der Waals surface area (Å²) in [4.78, 5) is 0. The van der Waals surface area contributed by atoms with Crippen LogP contribution in [0.2, 0.25) is 0 Å². The van der Waals surface area contributed by atoms with E-state index < -0.39 is 16.6 Å². The molecule has 5 N–H and O–H groups in total. The normalized spacial score (nSPS) is 12.9. The highest BCUT2D eigenvalue weighted by Crippen LogP contribution is 2.33. The van der Waals surface area contributed by atoms with Crippen LogP contribution in [0.3, 0.4) is 0 Å². The average molecular weight is 280 g/mol. The van der Waals surface area contributed by atoms with Gasteiger partial charge in [0.15, 0.2) is 5.79 Å². The molecule has 5 heteroatoms. The molecule has 0 aliphatic heterocycles. The summed E-state index contributed by atoms with van der Waals surface area (Å²) >= 11 is 0. The minimum Gasteiger partial charge on any atom is -0.396 e. The Hall–Kier alpha value is -0.200. The fourth-order valence-electron chi connectivity index (χ4n) is 1.01. The van der Waals surface area contributed by atoms with Crippen LogP contribution in [-0.2, 0) is 0 Å². The molecular formula is C14H32O5. The monoisotopic (exact) mass is 280 g/mol. The van der Waals surface area contributed by atoms with E-state index in [1.165, 1.54) is 6.92 Å². The van der Waals surface area contributed by atoms with Crippen molar-refractivity contribution in [2.45, 2.75) is 59.7 Å². The van der Waals surface area contributed by atoms with Crippen LogP contribution in [0.5, 0.6) is 0 Å².